The first-order valence-corrected chi connectivity index (χ1v) is 13.8. The normalized spacial score (nSPS) is 11.8. The first-order valence-electron chi connectivity index (χ1n) is 12.0. The Hall–Kier alpha value is -4.05. The van der Waals surface area contributed by atoms with Gasteiger partial charge in [-0.25, -0.2) is 8.42 Å². The van der Waals surface area contributed by atoms with Crippen LogP contribution in [0, 0.1) is 0 Å². The number of amides is 2. The lowest BCUT2D eigenvalue weighted by molar-refractivity contribution is -0.139. The minimum absolute atomic E-state index is 0.113. The highest BCUT2D eigenvalue weighted by Crippen LogP contribution is 2.33. The molecular formula is C28H33N3O6S. The highest BCUT2D eigenvalue weighted by atomic mass is 32.2. The van der Waals surface area contributed by atoms with E-state index >= 15 is 0 Å². The number of methoxy groups -OCH3 is 2. The van der Waals surface area contributed by atoms with E-state index in [-0.39, 0.29) is 30.3 Å². The van der Waals surface area contributed by atoms with E-state index in [9.17, 15) is 18.0 Å². The molecule has 0 fully saturated rings. The second-order valence-corrected chi connectivity index (χ2v) is 10.5. The predicted molar refractivity (Wildman–Crippen MR) is 147 cm³/mol. The number of ether oxygens (including phenoxy) is 2. The molecule has 0 bridgehead atoms. The van der Waals surface area contributed by atoms with Crippen LogP contribution in [-0.2, 0) is 32.6 Å². The lowest BCUT2D eigenvalue weighted by Crippen LogP contribution is -2.52. The van der Waals surface area contributed by atoms with Crippen molar-refractivity contribution in [2.75, 3.05) is 38.4 Å². The van der Waals surface area contributed by atoms with Crippen LogP contribution in [0.2, 0.25) is 0 Å². The Labute approximate surface area is 224 Å². The summed E-state index contributed by atoms with van der Waals surface area (Å²) in [5, 5.41) is 2.65. The molecule has 2 amide bonds. The van der Waals surface area contributed by atoms with E-state index in [4.69, 9.17) is 9.47 Å². The average molecular weight is 540 g/mol. The van der Waals surface area contributed by atoms with Crippen LogP contribution in [0.15, 0.2) is 78.9 Å². The van der Waals surface area contributed by atoms with Crippen LogP contribution in [0.1, 0.15) is 11.1 Å². The summed E-state index contributed by atoms with van der Waals surface area (Å²) >= 11 is 0. The van der Waals surface area contributed by atoms with Crippen molar-refractivity contribution in [1.82, 2.24) is 10.2 Å². The van der Waals surface area contributed by atoms with Gasteiger partial charge in [0.05, 0.1) is 26.2 Å². The molecule has 0 aliphatic heterocycles. The number of nitrogens with one attached hydrogen (secondary N) is 1. The van der Waals surface area contributed by atoms with Gasteiger partial charge in [0.2, 0.25) is 21.8 Å². The number of rotatable bonds is 12. The van der Waals surface area contributed by atoms with Gasteiger partial charge in [0.1, 0.15) is 24.1 Å². The Morgan fingerprint density at radius 3 is 2.03 bits per heavy atom. The van der Waals surface area contributed by atoms with Gasteiger partial charge in [-0.3, -0.25) is 13.9 Å². The molecule has 0 saturated heterocycles. The van der Waals surface area contributed by atoms with E-state index in [0.717, 1.165) is 21.7 Å². The second kappa shape index (κ2) is 13.0. The summed E-state index contributed by atoms with van der Waals surface area (Å²) in [7, 11) is 0.485. The van der Waals surface area contributed by atoms with Crippen LogP contribution in [0.4, 0.5) is 5.69 Å². The largest absolute Gasteiger partial charge is 0.497 e. The van der Waals surface area contributed by atoms with Crippen LogP contribution in [-0.4, -0.2) is 65.2 Å². The first-order chi connectivity index (χ1) is 18.2. The smallest absolute Gasteiger partial charge is 0.244 e. The van der Waals surface area contributed by atoms with Crippen LogP contribution in [0.3, 0.4) is 0 Å². The first kappa shape index (κ1) is 28.5. The minimum Gasteiger partial charge on any atom is -0.497 e. The van der Waals surface area contributed by atoms with E-state index in [2.05, 4.69) is 5.32 Å². The third-order valence-electron chi connectivity index (χ3n) is 6.05. The van der Waals surface area contributed by atoms with Crippen molar-refractivity contribution in [1.29, 1.82) is 0 Å². The standard InChI is InChI=1S/C28H33N3O6S/c1-29-28(33)25(17-21-11-7-5-8-12-21)30(19-22-13-9-6-10-14-22)27(32)20-31(38(4,34)35)24-16-15-23(36-2)18-26(24)37-3/h5-16,18,25H,17,19-20H2,1-4H3,(H,29,33). The second-order valence-electron chi connectivity index (χ2n) is 8.63. The Morgan fingerprint density at radius 2 is 1.50 bits per heavy atom. The van der Waals surface area contributed by atoms with Gasteiger partial charge < -0.3 is 19.7 Å². The molecule has 1 unspecified atom stereocenters. The zero-order valence-corrected chi connectivity index (χ0v) is 22.8. The van der Waals surface area contributed by atoms with E-state index in [1.54, 1.807) is 12.1 Å². The van der Waals surface area contributed by atoms with Gasteiger partial charge >= 0.3 is 0 Å². The Kier molecular flexibility index (Phi) is 9.72. The summed E-state index contributed by atoms with van der Waals surface area (Å²) in [4.78, 5) is 28.5. The van der Waals surface area contributed by atoms with Gasteiger partial charge in [-0.05, 0) is 23.3 Å². The summed E-state index contributed by atoms with van der Waals surface area (Å²) in [6, 6.07) is 22.4. The molecule has 0 saturated carbocycles. The number of likely N-dealkylation sites (N-methyl/N-ethyl adjacent to an activating group) is 1. The maximum absolute atomic E-state index is 13.9. The monoisotopic (exact) mass is 539 g/mol. The van der Waals surface area contributed by atoms with Crippen molar-refractivity contribution in [2.24, 2.45) is 0 Å². The molecule has 0 radical (unpaired) electrons. The van der Waals surface area contributed by atoms with Crippen molar-refractivity contribution >= 4 is 27.5 Å². The number of benzene rings is 3. The topological polar surface area (TPSA) is 105 Å². The maximum Gasteiger partial charge on any atom is 0.244 e. The summed E-state index contributed by atoms with van der Waals surface area (Å²) < 4.78 is 37.4. The Balaban J connectivity index is 2.04. The Morgan fingerprint density at radius 1 is 0.895 bits per heavy atom. The molecule has 1 atom stereocenters. The number of hydrogen-bond acceptors (Lipinski definition) is 6. The van der Waals surface area contributed by atoms with Gasteiger partial charge in [-0.1, -0.05) is 60.7 Å². The van der Waals surface area contributed by atoms with Gasteiger partial charge in [0.25, 0.3) is 0 Å². The molecule has 0 heterocycles. The number of carbonyl (C=O) groups excluding carboxylic acids is 2. The molecule has 3 aromatic carbocycles. The SMILES string of the molecule is CNC(=O)C(Cc1ccccc1)N(Cc1ccccc1)C(=O)CN(c1ccc(OC)cc1OC)S(C)(=O)=O. The predicted octanol–water partition coefficient (Wildman–Crippen LogP) is 2.86. The third-order valence-corrected chi connectivity index (χ3v) is 7.17. The average Bonchev–Trinajstić information content (AvgIpc) is 2.93. The molecule has 0 aromatic heterocycles. The quantitative estimate of drug-likeness (QED) is 0.380. The zero-order chi connectivity index (χ0) is 27.7. The van der Waals surface area contributed by atoms with Crippen molar-refractivity contribution in [3.63, 3.8) is 0 Å². The fourth-order valence-corrected chi connectivity index (χ4v) is 4.94. The summed E-state index contributed by atoms with van der Waals surface area (Å²) in [6.45, 7) is -0.418. The van der Waals surface area contributed by atoms with E-state index in [0.29, 0.717) is 5.75 Å². The molecule has 1 N–H and O–H groups in total. The van der Waals surface area contributed by atoms with Gasteiger partial charge in [0.15, 0.2) is 0 Å². The van der Waals surface area contributed by atoms with Crippen molar-refractivity contribution in [3.8, 4) is 11.5 Å². The zero-order valence-electron chi connectivity index (χ0n) is 22.0. The number of anilines is 1. The number of sulfonamides is 1. The van der Waals surface area contributed by atoms with E-state index in [1.165, 1.54) is 32.2 Å². The highest BCUT2D eigenvalue weighted by molar-refractivity contribution is 7.92. The summed E-state index contributed by atoms with van der Waals surface area (Å²) in [5.41, 5.74) is 1.85. The lowest BCUT2D eigenvalue weighted by atomic mass is 10.0. The molecule has 9 nitrogen and oxygen atoms in total. The van der Waals surface area contributed by atoms with Gasteiger partial charge in [0, 0.05) is 26.1 Å². The molecule has 0 aliphatic rings. The number of hydrogen-bond donors (Lipinski definition) is 1. The summed E-state index contributed by atoms with van der Waals surface area (Å²) in [5.74, 6) is -0.198. The van der Waals surface area contributed by atoms with Crippen LogP contribution < -0.4 is 19.1 Å². The molecule has 0 spiro atoms. The van der Waals surface area contributed by atoms with Crippen LogP contribution in [0.25, 0.3) is 0 Å². The molecule has 10 heteroatoms. The maximum atomic E-state index is 13.9. The molecular weight excluding hydrogens is 506 g/mol. The molecule has 202 valence electrons. The van der Waals surface area contributed by atoms with Crippen molar-refractivity contribution < 1.29 is 27.5 Å². The lowest BCUT2D eigenvalue weighted by Gasteiger charge is -2.33. The van der Waals surface area contributed by atoms with E-state index < -0.39 is 28.5 Å². The van der Waals surface area contributed by atoms with Gasteiger partial charge in [-0.15, -0.1) is 0 Å². The number of carbonyl (C=O) groups is 2. The fourth-order valence-electron chi connectivity index (χ4n) is 4.09. The third kappa shape index (κ3) is 7.25. The number of nitrogens with zero attached hydrogens (tertiary/aromatic N) is 2. The molecule has 0 aliphatic carbocycles. The van der Waals surface area contributed by atoms with Crippen molar-refractivity contribution in [2.45, 2.75) is 19.0 Å². The van der Waals surface area contributed by atoms with Crippen LogP contribution in [0.5, 0.6) is 11.5 Å². The fraction of sp³-hybridized carbons (Fsp3) is 0.286. The summed E-state index contributed by atoms with van der Waals surface area (Å²) in [6.07, 6.45) is 1.27. The Bertz CT molecular complexity index is 1330. The van der Waals surface area contributed by atoms with Gasteiger partial charge in [-0.2, -0.15) is 0 Å². The minimum atomic E-state index is -3.92. The van der Waals surface area contributed by atoms with E-state index in [1.807, 2.05) is 60.7 Å². The van der Waals surface area contributed by atoms with Crippen LogP contribution >= 0.6 is 0 Å². The highest BCUT2D eigenvalue weighted by Gasteiger charge is 2.33. The molecule has 38 heavy (non-hydrogen) atoms. The van der Waals surface area contributed by atoms with Crippen molar-refractivity contribution in [3.05, 3.63) is 90.0 Å². The molecule has 3 rings (SSSR count). The molecule has 3 aromatic rings.